The van der Waals surface area contributed by atoms with Gasteiger partial charge in [0.25, 0.3) is 0 Å². The number of carbonyl (C=O) groups is 3. The van der Waals surface area contributed by atoms with E-state index in [1.807, 2.05) is 0 Å². The minimum absolute atomic E-state index is 0. The number of carboxylic acid groups (broad SMARTS) is 2. The van der Waals surface area contributed by atoms with Gasteiger partial charge in [0.1, 0.15) is 6.23 Å². The molecule has 0 aromatic carbocycles. The van der Waals surface area contributed by atoms with Crippen molar-refractivity contribution >= 4 is 47.4 Å². The number of hydrogen-bond acceptors (Lipinski definition) is 5. The molecular formula is C20H39N2NaO6. The number of rotatable bonds is 18. The first-order valence-corrected chi connectivity index (χ1v) is 10.4. The van der Waals surface area contributed by atoms with Crippen LogP contribution in [-0.2, 0) is 14.4 Å². The summed E-state index contributed by atoms with van der Waals surface area (Å²) in [7, 11) is 0. The van der Waals surface area contributed by atoms with Crippen molar-refractivity contribution in [2.75, 3.05) is 26.2 Å². The van der Waals surface area contributed by atoms with Crippen molar-refractivity contribution in [1.29, 1.82) is 0 Å². The second-order valence-corrected chi connectivity index (χ2v) is 7.30. The molecule has 8 nitrogen and oxygen atoms in total. The molecule has 0 spiro atoms. The quantitative estimate of drug-likeness (QED) is 0.174. The fraction of sp³-hybridized carbons (Fsp3) is 0.850. The van der Waals surface area contributed by atoms with Crippen LogP contribution in [0.3, 0.4) is 0 Å². The summed E-state index contributed by atoms with van der Waals surface area (Å²) in [6.07, 6.45) is 9.66. The Morgan fingerprint density at radius 1 is 0.793 bits per heavy atom. The molecule has 3 N–H and O–H groups in total. The Hall–Kier alpha value is -0.670. The average molecular weight is 427 g/mol. The molecule has 0 saturated carbocycles. The number of amides is 1. The summed E-state index contributed by atoms with van der Waals surface area (Å²) in [5.74, 6) is -2.46. The molecule has 1 unspecified atom stereocenters. The van der Waals surface area contributed by atoms with Gasteiger partial charge >= 0.3 is 41.5 Å². The fourth-order valence-corrected chi connectivity index (χ4v) is 3.10. The molecule has 0 aliphatic heterocycles. The molecule has 0 aliphatic rings. The Labute approximate surface area is 196 Å². The van der Waals surface area contributed by atoms with E-state index in [0.29, 0.717) is 6.42 Å². The molecule has 1 atom stereocenters. The molecule has 9 heteroatoms. The predicted octanol–water partition coefficient (Wildman–Crippen LogP) is 1.90. The summed E-state index contributed by atoms with van der Waals surface area (Å²) in [6.45, 7) is 3.00. The zero-order valence-electron chi connectivity index (χ0n) is 17.4. The summed E-state index contributed by atoms with van der Waals surface area (Å²) in [6, 6.07) is 0. The van der Waals surface area contributed by atoms with Crippen molar-refractivity contribution in [3.63, 3.8) is 0 Å². The van der Waals surface area contributed by atoms with Crippen LogP contribution in [0.4, 0.5) is 0 Å². The van der Waals surface area contributed by atoms with Gasteiger partial charge in [0.15, 0.2) is 0 Å². The number of aliphatic hydroxyl groups is 1. The van der Waals surface area contributed by atoms with E-state index in [-0.39, 0.29) is 48.6 Å². The van der Waals surface area contributed by atoms with Crippen molar-refractivity contribution in [3.05, 3.63) is 0 Å². The number of unbranched alkanes of at least 4 members (excludes halogenated alkanes) is 8. The molecule has 0 saturated heterocycles. The molecule has 29 heavy (non-hydrogen) atoms. The van der Waals surface area contributed by atoms with Gasteiger partial charge in [-0.2, -0.15) is 0 Å². The first kappa shape index (κ1) is 30.5. The van der Waals surface area contributed by atoms with Gasteiger partial charge in [-0.25, -0.2) is 0 Å². The van der Waals surface area contributed by atoms with Crippen molar-refractivity contribution in [1.82, 2.24) is 9.80 Å². The van der Waals surface area contributed by atoms with E-state index in [1.165, 1.54) is 55.2 Å². The van der Waals surface area contributed by atoms with E-state index in [0.717, 1.165) is 19.3 Å². The molecule has 0 aromatic heterocycles. The van der Waals surface area contributed by atoms with Gasteiger partial charge in [-0.1, -0.05) is 58.3 Å². The second kappa shape index (κ2) is 19.3. The van der Waals surface area contributed by atoms with Crippen LogP contribution in [0.2, 0.25) is 0 Å². The molecule has 166 valence electrons. The van der Waals surface area contributed by atoms with E-state index < -0.39 is 31.3 Å². The van der Waals surface area contributed by atoms with Crippen molar-refractivity contribution in [2.45, 2.75) is 84.3 Å². The number of nitrogens with zero attached hydrogens (tertiary/aromatic N) is 2. The molecule has 0 aromatic rings. The van der Waals surface area contributed by atoms with E-state index in [9.17, 15) is 19.5 Å². The third kappa shape index (κ3) is 17.9. The van der Waals surface area contributed by atoms with Crippen LogP contribution < -0.4 is 0 Å². The van der Waals surface area contributed by atoms with Gasteiger partial charge in [-0.05, 0) is 13.3 Å². The number of carbonyl (C=O) groups excluding carboxylic acids is 1. The minimum atomic E-state index is -1.13. The summed E-state index contributed by atoms with van der Waals surface area (Å²) in [5.41, 5.74) is 0. The zero-order valence-corrected chi connectivity index (χ0v) is 17.4. The SMILES string of the molecule is CCCCCCCCCCCC(=O)N(CCN(CC(=O)O)CC(=O)O)C(C)O.[NaH]. The average Bonchev–Trinajstić information content (AvgIpc) is 2.59. The molecular weight excluding hydrogens is 387 g/mol. The van der Waals surface area contributed by atoms with E-state index in [4.69, 9.17) is 10.2 Å². The van der Waals surface area contributed by atoms with Crippen molar-refractivity contribution in [2.24, 2.45) is 0 Å². The number of hydrogen-bond donors (Lipinski definition) is 3. The van der Waals surface area contributed by atoms with Gasteiger partial charge in [-0.3, -0.25) is 19.3 Å². The topological polar surface area (TPSA) is 118 Å². The van der Waals surface area contributed by atoms with Crippen LogP contribution in [-0.4, -0.2) is 105 Å². The van der Waals surface area contributed by atoms with Gasteiger partial charge in [0.2, 0.25) is 5.91 Å². The Kier molecular flexibility index (Phi) is 20.3. The first-order valence-electron chi connectivity index (χ1n) is 10.4. The molecule has 0 aliphatic carbocycles. The summed E-state index contributed by atoms with van der Waals surface area (Å²) in [4.78, 5) is 36.6. The molecule has 0 rings (SSSR count). The zero-order chi connectivity index (χ0) is 21.4. The molecule has 0 bridgehead atoms. The number of aliphatic carboxylic acids is 2. The van der Waals surface area contributed by atoms with Crippen LogP contribution in [0.25, 0.3) is 0 Å². The number of aliphatic hydroxyl groups excluding tert-OH is 1. The first-order chi connectivity index (χ1) is 13.3. The summed E-state index contributed by atoms with van der Waals surface area (Å²) in [5, 5.41) is 27.6. The standard InChI is InChI=1S/C20H38N2O6.Na.H/c1-3-4-5-6-7-8-9-10-11-12-18(24)22(17(2)23)14-13-21(15-19(25)26)16-20(27)28;;/h17,23H,3-16H2,1-2H3,(H,25,26)(H,27,28);;. The van der Waals surface area contributed by atoms with Crippen molar-refractivity contribution in [3.8, 4) is 0 Å². The van der Waals surface area contributed by atoms with Crippen LogP contribution in [0.15, 0.2) is 0 Å². The molecule has 0 fully saturated rings. The van der Waals surface area contributed by atoms with Crippen LogP contribution in [0.1, 0.15) is 78.1 Å². The third-order valence-electron chi connectivity index (χ3n) is 4.64. The Bertz CT molecular complexity index is 446. The third-order valence-corrected chi connectivity index (χ3v) is 4.64. The van der Waals surface area contributed by atoms with Crippen LogP contribution in [0, 0.1) is 0 Å². The summed E-state index contributed by atoms with van der Waals surface area (Å²) < 4.78 is 0. The summed E-state index contributed by atoms with van der Waals surface area (Å²) >= 11 is 0. The van der Waals surface area contributed by atoms with Gasteiger partial charge in [0, 0.05) is 19.5 Å². The van der Waals surface area contributed by atoms with E-state index in [1.54, 1.807) is 0 Å². The predicted molar refractivity (Wildman–Crippen MR) is 114 cm³/mol. The molecule has 0 radical (unpaired) electrons. The normalized spacial score (nSPS) is 11.7. The second-order valence-electron chi connectivity index (χ2n) is 7.30. The Morgan fingerprint density at radius 3 is 1.66 bits per heavy atom. The van der Waals surface area contributed by atoms with Crippen LogP contribution in [0.5, 0.6) is 0 Å². The van der Waals surface area contributed by atoms with E-state index in [2.05, 4.69) is 6.92 Å². The maximum atomic E-state index is 12.4. The Morgan fingerprint density at radius 2 is 1.24 bits per heavy atom. The maximum absolute atomic E-state index is 12.4. The Balaban J connectivity index is 0. The fourth-order valence-electron chi connectivity index (χ4n) is 3.10. The van der Waals surface area contributed by atoms with Crippen LogP contribution >= 0.6 is 0 Å². The van der Waals surface area contributed by atoms with Gasteiger partial charge in [0.05, 0.1) is 13.1 Å². The molecule has 0 heterocycles. The van der Waals surface area contributed by atoms with Gasteiger partial charge in [-0.15, -0.1) is 0 Å². The monoisotopic (exact) mass is 426 g/mol. The van der Waals surface area contributed by atoms with Crippen molar-refractivity contribution < 1.29 is 29.7 Å². The van der Waals surface area contributed by atoms with E-state index >= 15 is 0 Å². The van der Waals surface area contributed by atoms with Gasteiger partial charge < -0.3 is 20.2 Å². The number of carboxylic acids is 2. The molecule has 1 amide bonds.